The molecule has 158 valence electrons. The van der Waals surface area contributed by atoms with Crippen molar-refractivity contribution >= 4 is 0 Å². The number of hydrogen-bond donors (Lipinski definition) is 0. The van der Waals surface area contributed by atoms with E-state index in [4.69, 9.17) is 0 Å². The van der Waals surface area contributed by atoms with E-state index in [0.29, 0.717) is 5.41 Å². The molecule has 2 aliphatic carbocycles. The Kier molecular flexibility index (Phi) is 7.58. The zero-order valence-electron chi connectivity index (χ0n) is 17.9. The topological polar surface area (TPSA) is 6.48 Å². The normalized spacial score (nSPS) is 30.7. The monoisotopic (exact) mass is 384 g/mol. The van der Waals surface area contributed by atoms with Crippen molar-refractivity contribution in [2.24, 2.45) is 17.3 Å². The van der Waals surface area contributed by atoms with E-state index < -0.39 is 6.55 Å². The van der Waals surface area contributed by atoms with Gasteiger partial charge in [-0.3, -0.25) is 0 Å². The second-order valence-electron chi connectivity index (χ2n) is 10.1. The Morgan fingerprint density at radius 1 is 0.889 bits per heavy atom. The summed E-state index contributed by atoms with van der Waals surface area (Å²) >= 11 is 0. The maximum absolute atomic E-state index is 13.4. The fourth-order valence-corrected chi connectivity index (χ4v) is 6.22. The van der Waals surface area contributed by atoms with Gasteiger partial charge in [0.05, 0.1) is 0 Å². The van der Waals surface area contributed by atoms with Crippen molar-refractivity contribution in [2.75, 3.05) is 19.6 Å². The number of nitrogens with zero attached hydrogens (tertiary/aromatic N) is 2. The Morgan fingerprint density at radius 2 is 1.44 bits per heavy atom. The van der Waals surface area contributed by atoms with Crippen LogP contribution in [0.4, 0.5) is 8.78 Å². The molecule has 1 heterocycles. The number of likely N-dealkylation sites (tertiary alicyclic amines) is 1. The lowest BCUT2D eigenvalue weighted by molar-refractivity contribution is -0.0922. The first-order chi connectivity index (χ1) is 12.9. The molecule has 3 fully saturated rings. The molecular weight excluding hydrogens is 342 g/mol. The van der Waals surface area contributed by atoms with Gasteiger partial charge in [0.15, 0.2) is 0 Å². The van der Waals surface area contributed by atoms with Gasteiger partial charge in [-0.05, 0) is 95.6 Å². The minimum Gasteiger partial charge on any atom is -0.303 e. The molecule has 0 unspecified atom stereocenters. The lowest BCUT2D eigenvalue weighted by Crippen LogP contribution is -2.49. The zero-order chi connectivity index (χ0) is 19.4. The second-order valence-corrected chi connectivity index (χ2v) is 10.1. The van der Waals surface area contributed by atoms with Crippen LogP contribution in [0, 0.1) is 17.3 Å². The molecule has 2 saturated carbocycles. The minimum absolute atomic E-state index is 0.0614. The van der Waals surface area contributed by atoms with Crippen molar-refractivity contribution in [3.63, 3.8) is 0 Å². The molecule has 3 rings (SSSR count). The lowest BCUT2D eigenvalue weighted by Gasteiger charge is -2.48. The van der Waals surface area contributed by atoms with E-state index in [1.54, 1.807) is 0 Å². The van der Waals surface area contributed by atoms with Gasteiger partial charge >= 0.3 is 0 Å². The molecule has 3 aliphatic rings. The van der Waals surface area contributed by atoms with Gasteiger partial charge in [0, 0.05) is 18.6 Å². The fourth-order valence-electron chi connectivity index (χ4n) is 6.22. The zero-order valence-corrected chi connectivity index (χ0v) is 17.9. The number of hydrogen-bond acceptors (Lipinski definition) is 2. The Bertz CT molecular complexity index is 420. The van der Waals surface area contributed by atoms with Crippen molar-refractivity contribution < 1.29 is 8.78 Å². The van der Waals surface area contributed by atoms with Crippen LogP contribution in [0.2, 0.25) is 0 Å². The molecule has 1 spiro atoms. The summed E-state index contributed by atoms with van der Waals surface area (Å²) in [5.41, 5.74) is 0.456. The number of piperidine rings is 1. The first-order valence-corrected chi connectivity index (χ1v) is 11.7. The summed E-state index contributed by atoms with van der Waals surface area (Å²) in [6, 6.07) is 0.0242. The van der Waals surface area contributed by atoms with Gasteiger partial charge in [0.1, 0.15) is 0 Å². The second kappa shape index (κ2) is 9.52. The third kappa shape index (κ3) is 5.44. The van der Waals surface area contributed by atoms with Crippen LogP contribution < -0.4 is 0 Å². The van der Waals surface area contributed by atoms with Crippen molar-refractivity contribution in [1.82, 2.24) is 9.80 Å². The van der Waals surface area contributed by atoms with Gasteiger partial charge in [-0.2, -0.15) is 8.78 Å². The standard InChI is InChI=1S/C23H42F2N2/c1-4-19-5-7-20(8-6-19)17-26-15-13-23(14-16-26)11-9-21(10-12-23)27(18(2)3)22(24)25/h18-22H,4-17H2,1-3H3. The summed E-state index contributed by atoms with van der Waals surface area (Å²) in [6.45, 7) is 7.62. The van der Waals surface area contributed by atoms with E-state index in [1.165, 1.54) is 69.5 Å². The highest BCUT2D eigenvalue weighted by Crippen LogP contribution is 2.46. The third-order valence-electron chi connectivity index (χ3n) is 8.24. The Balaban J connectivity index is 1.42. The Labute approximate surface area is 166 Å². The smallest absolute Gasteiger partial charge is 0.295 e. The van der Waals surface area contributed by atoms with Gasteiger partial charge < -0.3 is 4.90 Å². The number of halogens is 2. The molecule has 0 radical (unpaired) electrons. The summed E-state index contributed by atoms with van der Waals surface area (Å²) in [4.78, 5) is 4.17. The summed E-state index contributed by atoms with van der Waals surface area (Å²) in [7, 11) is 0. The SMILES string of the molecule is CCC1CCC(CN2CCC3(CCC(N(C(C)C)C(F)F)CC3)CC2)CC1. The average molecular weight is 385 g/mol. The molecule has 0 aromatic heterocycles. The molecule has 1 saturated heterocycles. The maximum Gasteiger partial charge on any atom is 0.295 e. The number of rotatable bonds is 6. The highest BCUT2D eigenvalue weighted by Gasteiger charge is 2.41. The van der Waals surface area contributed by atoms with Crippen LogP contribution >= 0.6 is 0 Å². The highest BCUT2D eigenvalue weighted by atomic mass is 19.3. The van der Waals surface area contributed by atoms with Crippen LogP contribution in [-0.4, -0.2) is 48.1 Å². The third-order valence-corrected chi connectivity index (χ3v) is 8.24. The minimum atomic E-state index is -2.31. The average Bonchev–Trinajstić information content (AvgIpc) is 2.66. The molecule has 4 heteroatoms. The van der Waals surface area contributed by atoms with E-state index in [2.05, 4.69) is 11.8 Å². The van der Waals surface area contributed by atoms with Crippen molar-refractivity contribution in [2.45, 2.75) is 110 Å². The van der Waals surface area contributed by atoms with Gasteiger partial charge in [-0.1, -0.05) is 26.2 Å². The molecule has 27 heavy (non-hydrogen) atoms. The van der Waals surface area contributed by atoms with E-state index in [0.717, 1.165) is 37.5 Å². The molecule has 0 aromatic carbocycles. The van der Waals surface area contributed by atoms with E-state index >= 15 is 0 Å². The van der Waals surface area contributed by atoms with E-state index in [-0.39, 0.29) is 12.1 Å². The summed E-state index contributed by atoms with van der Waals surface area (Å²) in [6.07, 6.45) is 13.9. The highest BCUT2D eigenvalue weighted by molar-refractivity contribution is 4.93. The van der Waals surface area contributed by atoms with E-state index in [1.807, 2.05) is 13.8 Å². The van der Waals surface area contributed by atoms with Gasteiger partial charge in [-0.15, -0.1) is 0 Å². The lowest BCUT2D eigenvalue weighted by atomic mass is 9.66. The predicted molar refractivity (Wildman–Crippen MR) is 109 cm³/mol. The molecule has 2 nitrogen and oxygen atoms in total. The van der Waals surface area contributed by atoms with Crippen LogP contribution in [0.3, 0.4) is 0 Å². The van der Waals surface area contributed by atoms with Crippen LogP contribution in [0.15, 0.2) is 0 Å². The quantitative estimate of drug-likeness (QED) is 0.506. The molecule has 0 N–H and O–H groups in total. The first kappa shape index (κ1) is 21.5. The van der Waals surface area contributed by atoms with Gasteiger partial charge in [0.25, 0.3) is 6.55 Å². The summed E-state index contributed by atoms with van der Waals surface area (Å²) < 4.78 is 26.8. The van der Waals surface area contributed by atoms with Crippen molar-refractivity contribution in [1.29, 1.82) is 0 Å². The van der Waals surface area contributed by atoms with Gasteiger partial charge in [-0.25, -0.2) is 4.90 Å². The molecule has 0 bridgehead atoms. The van der Waals surface area contributed by atoms with Gasteiger partial charge in [0.2, 0.25) is 0 Å². The molecule has 0 amide bonds. The van der Waals surface area contributed by atoms with Crippen LogP contribution in [-0.2, 0) is 0 Å². The van der Waals surface area contributed by atoms with Crippen LogP contribution in [0.5, 0.6) is 0 Å². The van der Waals surface area contributed by atoms with Crippen LogP contribution in [0.25, 0.3) is 0 Å². The maximum atomic E-state index is 13.4. The Hall–Kier alpha value is -0.220. The van der Waals surface area contributed by atoms with Crippen LogP contribution in [0.1, 0.15) is 91.4 Å². The largest absolute Gasteiger partial charge is 0.303 e. The predicted octanol–water partition coefficient (Wildman–Crippen LogP) is 6.16. The molecular formula is C23H42F2N2. The number of alkyl halides is 2. The first-order valence-electron chi connectivity index (χ1n) is 11.7. The molecule has 0 aromatic rings. The van der Waals surface area contributed by atoms with Crippen molar-refractivity contribution in [3.05, 3.63) is 0 Å². The Morgan fingerprint density at radius 3 is 1.93 bits per heavy atom. The fraction of sp³-hybridized carbons (Fsp3) is 1.00. The van der Waals surface area contributed by atoms with Crippen molar-refractivity contribution in [3.8, 4) is 0 Å². The molecule has 1 aliphatic heterocycles. The summed E-state index contributed by atoms with van der Waals surface area (Å²) in [5, 5.41) is 0. The summed E-state index contributed by atoms with van der Waals surface area (Å²) in [5.74, 6) is 1.91. The van der Waals surface area contributed by atoms with E-state index in [9.17, 15) is 8.78 Å². The molecule has 0 atom stereocenters.